The van der Waals surface area contributed by atoms with E-state index in [1.165, 1.54) is 44.9 Å². The average molecular weight is 321 g/mol. The fraction of sp³-hybridized carbons (Fsp3) is 1.00. The Morgan fingerprint density at radius 1 is 0.870 bits per heavy atom. The van der Waals surface area contributed by atoms with E-state index in [1.807, 2.05) is 6.92 Å². The fourth-order valence-corrected chi connectivity index (χ4v) is 8.07. The maximum absolute atomic E-state index is 10.3. The SMILES string of the molecule is C[C@H](O)[C@H]1CCC2C3CC[C@H]4CC(O)CCC4(C)C3CC[C@@]21C. The minimum Gasteiger partial charge on any atom is -0.393 e. The number of hydrogen-bond donors (Lipinski definition) is 2. The van der Waals surface area contributed by atoms with Gasteiger partial charge in [-0.25, -0.2) is 0 Å². The first kappa shape index (κ1) is 16.4. The number of aliphatic hydroxyl groups excluding tert-OH is 2. The van der Waals surface area contributed by atoms with E-state index in [0.29, 0.717) is 16.7 Å². The summed E-state index contributed by atoms with van der Waals surface area (Å²) in [6.07, 6.45) is 11.1. The van der Waals surface area contributed by atoms with Crippen molar-refractivity contribution >= 4 is 0 Å². The highest BCUT2D eigenvalue weighted by Gasteiger charge is 2.60. The molecule has 4 aliphatic carbocycles. The molecule has 0 radical (unpaired) electrons. The maximum Gasteiger partial charge on any atom is 0.0545 e. The van der Waals surface area contributed by atoms with Crippen LogP contribution in [0.25, 0.3) is 0 Å². The molecule has 0 amide bonds. The third-order valence-electron chi connectivity index (χ3n) is 9.29. The van der Waals surface area contributed by atoms with E-state index in [-0.39, 0.29) is 12.2 Å². The van der Waals surface area contributed by atoms with Crippen molar-refractivity contribution in [1.82, 2.24) is 0 Å². The number of hydrogen-bond acceptors (Lipinski definition) is 2. The Balaban J connectivity index is 1.60. The predicted molar refractivity (Wildman–Crippen MR) is 92.9 cm³/mol. The van der Waals surface area contributed by atoms with Gasteiger partial charge in [0.1, 0.15) is 0 Å². The van der Waals surface area contributed by atoms with Crippen LogP contribution in [0.5, 0.6) is 0 Å². The minimum absolute atomic E-state index is 0.0374. The van der Waals surface area contributed by atoms with Gasteiger partial charge in [-0.2, -0.15) is 0 Å². The molecular weight excluding hydrogens is 284 g/mol. The molecule has 4 rings (SSSR count). The van der Waals surface area contributed by atoms with E-state index in [1.54, 1.807) is 0 Å². The van der Waals surface area contributed by atoms with Gasteiger partial charge >= 0.3 is 0 Å². The molecule has 4 aliphatic rings. The van der Waals surface area contributed by atoms with Crippen LogP contribution in [-0.4, -0.2) is 22.4 Å². The highest BCUT2D eigenvalue weighted by molar-refractivity contribution is 5.09. The van der Waals surface area contributed by atoms with Gasteiger partial charge in [0.25, 0.3) is 0 Å². The zero-order valence-electron chi connectivity index (χ0n) is 15.3. The molecule has 4 saturated carbocycles. The van der Waals surface area contributed by atoms with Crippen LogP contribution in [-0.2, 0) is 0 Å². The second-order valence-corrected chi connectivity index (χ2v) is 10.1. The van der Waals surface area contributed by atoms with E-state index < -0.39 is 0 Å². The molecule has 4 fully saturated rings. The van der Waals surface area contributed by atoms with Crippen molar-refractivity contribution < 1.29 is 10.2 Å². The molecule has 0 saturated heterocycles. The Morgan fingerprint density at radius 2 is 1.57 bits per heavy atom. The number of rotatable bonds is 1. The van der Waals surface area contributed by atoms with E-state index in [0.717, 1.165) is 36.5 Å². The van der Waals surface area contributed by atoms with Crippen LogP contribution in [0, 0.1) is 40.4 Å². The fourth-order valence-electron chi connectivity index (χ4n) is 8.07. The van der Waals surface area contributed by atoms with Gasteiger partial charge in [-0.1, -0.05) is 13.8 Å². The van der Waals surface area contributed by atoms with E-state index in [4.69, 9.17) is 0 Å². The Morgan fingerprint density at radius 3 is 2.30 bits per heavy atom. The van der Waals surface area contributed by atoms with Crippen molar-refractivity contribution in [1.29, 1.82) is 0 Å². The standard InChI is InChI=1S/C21H36O2/c1-13(22)17-6-7-18-16-5-4-14-12-15(23)8-10-20(14,2)19(16)9-11-21(17,18)3/h13-19,22-23H,4-12H2,1-3H3/t13-,14-,15?,16?,17+,18?,19?,20?,21+/m0/s1. The van der Waals surface area contributed by atoms with Gasteiger partial charge < -0.3 is 10.2 Å². The molecule has 9 atom stereocenters. The molecule has 2 heteroatoms. The molecule has 0 aromatic carbocycles. The first-order valence-corrected chi connectivity index (χ1v) is 10.2. The summed E-state index contributed by atoms with van der Waals surface area (Å²) in [5, 5.41) is 20.4. The lowest BCUT2D eigenvalue weighted by Gasteiger charge is -2.61. The monoisotopic (exact) mass is 320 g/mol. The summed E-state index contributed by atoms with van der Waals surface area (Å²) in [6.45, 7) is 7.08. The Kier molecular flexibility index (Phi) is 3.89. The molecule has 0 spiro atoms. The summed E-state index contributed by atoms with van der Waals surface area (Å²) < 4.78 is 0. The van der Waals surface area contributed by atoms with Crippen LogP contribution < -0.4 is 0 Å². The highest BCUT2D eigenvalue weighted by Crippen LogP contribution is 2.67. The Bertz CT molecular complexity index is 461. The smallest absolute Gasteiger partial charge is 0.0545 e. The second-order valence-electron chi connectivity index (χ2n) is 10.1. The zero-order valence-corrected chi connectivity index (χ0v) is 15.3. The van der Waals surface area contributed by atoms with Crippen molar-refractivity contribution in [3.05, 3.63) is 0 Å². The van der Waals surface area contributed by atoms with Gasteiger partial charge in [-0.15, -0.1) is 0 Å². The maximum atomic E-state index is 10.3. The van der Waals surface area contributed by atoms with E-state index in [9.17, 15) is 10.2 Å². The zero-order chi connectivity index (χ0) is 16.4. The molecule has 132 valence electrons. The highest BCUT2D eigenvalue weighted by atomic mass is 16.3. The Labute approximate surface area is 142 Å². The van der Waals surface area contributed by atoms with Gasteiger partial charge in [0.15, 0.2) is 0 Å². The first-order valence-electron chi connectivity index (χ1n) is 10.2. The lowest BCUT2D eigenvalue weighted by molar-refractivity contribution is -0.132. The number of aliphatic hydroxyl groups is 2. The summed E-state index contributed by atoms with van der Waals surface area (Å²) in [6, 6.07) is 0. The van der Waals surface area contributed by atoms with Crippen LogP contribution in [0.1, 0.15) is 78.6 Å². The summed E-state index contributed by atoms with van der Waals surface area (Å²) in [5.41, 5.74) is 0.860. The van der Waals surface area contributed by atoms with Gasteiger partial charge in [-0.05, 0) is 105 Å². The molecule has 2 N–H and O–H groups in total. The van der Waals surface area contributed by atoms with Crippen molar-refractivity contribution in [3.8, 4) is 0 Å². The number of fused-ring (bicyclic) bond motifs is 5. The van der Waals surface area contributed by atoms with Crippen molar-refractivity contribution in [2.24, 2.45) is 40.4 Å². The molecular formula is C21H36O2. The van der Waals surface area contributed by atoms with Crippen molar-refractivity contribution in [2.45, 2.75) is 90.8 Å². The van der Waals surface area contributed by atoms with Crippen LogP contribution >= 0.6 is 0 Å². The summed E-state index contributed by atoms with van der Waals surface area (Å²) in [5.74, 6) is 3.87. The van der Waals surface area contributed by atoms with Crippen LogP contribution in [0.15, 0.2) is 0 Å². The normalized spacial score (nSPS) is 57.3. The molecule has 2 nitrogen and oxygen atoms in total. The largest absolute Gasteiger partial charge is 0.393 e. The quantitative estimate of drug-likeness (QED) is 0.752. The summed E-state index contributed by atoms with van der Waals surface area (Å²) in [4.78, 5) is 0. The lowest BCUT2D eigenvalue weighted by atomic mass is 9.44. The van der Waals surface area contributed by atoms with E-state index in [2.05, 4.69) is 13.8 Å². The van der Waals surface area contributed by atoms with Crippen LogP contribution in [0.4, 0.5) is 0 Å². The van der Waals surface area contributed by atoms with Gasteiger partial charge in [0.05, 0.1) is 12.2 Å². The summed E-state index contributed by atoms with van der Waals surface area (Å²) in [7, 11) is 0. The predicted octanol–water partition coefficient (Wildman–Crippen LogP) is 4.39. The van der Waals surface area contributed by atoms with Crippen molar-refractivity contribution in [3.63, 3.8) is 0 Å². The minimum atomic E-state index is -0.140. The Hall–Kier alpha value is -0.0800. The van der Waals surface area contributed by atoms with Crippen molar-refractivity contribution in [2.75, 3.05) is 0 Å². The second kappa shape index (κ2) is 5.46. The topological polar surface area (TPSA) is 40.5 Å². The first-order chi connectivity index (χ1) is 10.9. The molecule has 23 heavy (non-hydrogen) atoms. The van der Waals surface area contributed by atoms with Crippen LogP contribution in [0.2, 0.25) is 0 Å². The molecule has 0 heterocycles. The third kappa shape index (κ3) is 2.27. The lowest BCUT2D eigenvalue weighted by Crippen LogP contribution is -2.54. The van der Waals surface area contributed by atoms with E-state index >= 15 is 0 Å². The molecule has 0 aliphatic heterocycles. The van der Waals surface area contributed by atoms with Gasteiger partial charge in [0, 0.05) is 0 Å². The summed E-state index contributed by atoms with van der Waals surface area (Å²) >= 11 is 0. The molecule has 5 unspecified atom stereocenters. The third-order valence-corrected chi connectivity index (χ3v) is 9.29. The van der Waals surface area contributed by atoms with Gasteiger partial charge in [0.2, 0.25) is 0 Å². The average Bonchev–Trinajstić information content (AvgIpc) is 2.85. The molecule has 0 aromatic heterocycles. The molecule has 0 aromatic rings. The van der Waals surface area contributed by atoms with Gasteiger partial charge in [-0.3, -0.25) is 0 Å². The van der Waals surface area contributed by atoms with Crippen LogP contribution in [0.3, 0.4) is 0 Å². The molecule has 0 bridgehead atoms.